The first-order valence-electron chi connectivity index (χ1n) is 9.80. The van der Waals surface area contributed by atoms with E-state index in [1.165, 1.54) is 16.6 Å². The van der Waals surface area contributed by atoms with Gasteiger partial charge in [0.2, 0.25) is 0 Å². The summed E-state index contributed by atoms with van der Waals surface area (Å²) >= 11 is 6.25. The molecule has 0 unspecified atom stereocenters. The fourth-order valence-corrected chi connectivity index (χ4v) is 4.79. The molecule has 0 atom stereocenters. The van der Waals surface area contributed by atoms with Gasteiger partial charge >= 0.3 is 0 Å². The van der Waals surface area contributed by atoms with Gasteiger partial charge in [-0.05, 0) is 75.4 Å². The lowest BCUT2D eigenvalue weighted by Gasteiger charge is -2.32. The van der Waals surface area contributed by atoms with Gasteiger partial charge in [0, 0.05) is 47.0 Å². The number of halogens is 1. The molecule has 4 rings (SSSR count). The van der Waals surface area contributed by atoms with Gasteiger partial charge in [-0.15, -0.1) is 0 Å². The van der Waals surface area contributed by atoms with Crippen molar-refractivity contribution in [1.82, 2.24) is 9.55 Å². The average molecular weight is 393 g/mol. The highest BCUT2D eigenvalue weighted by molar-refractivity contribution is 6.30. The standard InChI is InChI=1S/C23H25ClN4/c1-14-9-19(24)10-15(2)22(14)28-13-16(3)21-20(11-17(4)26-23(21)28)27-7-5-18(12-25)6-8-27/h9-11,13,18H,5-8H2,1-4H3. The Balaban J connectivity index is 1.89. The quantitative estimate of drug-likeness (QED) is 0.565. The molecule has 5 heteroatoms. The molecule has 3 heterocycles. The van der Waals surface area contributed by atoms with Crippen molar-refractivity contribution in [3.8, 4) is 11.8 Å². The summed E-state index contributed by atoms with van der Waals surface area (Å²) < 4.78 is 2.21. The largest absolute Gasteiger partial charge is 0.371 e. The zero-order valence-corrected chi connectivity index (χ0v) is 17.6. The van der Waals surface area contributed by atoms with Crippen LogP contribution in [0.4, 0.5) is 5.69 Å². The Labute approximate surface area is 171 Å². The van der Waals surface area contributed by atoms with Gasteiger partial charge in [-0.3, -0.25) is 0 Å². The van der Waals surface area contributed by atoms with E-state index in [4.69, 9.17) is 16.6 Å². The van der Waals surface area contributed by atoms with E-state index >= 15 is 0 Å². The molecule has 4 nitrogen and oxygen atoms in total. The number of nitriles is 1. The van der Waals surface area contributed by atoms with Gasteiger partial charge in [-0.2, -0.15) is 5.26 Å². The van der Waals surface area contributed by atoms with Crippen LogP contribution < -0.4 is 4.90 Å². The fraction of sp³-hybridized carbons (Fsp3) is 0.391. The van der Waals surface area contributed by atoms with Crippen molar-refractivity contribution in [3.63, 3.8) is 0 Å². The summed E-state index contributed by atoms with van der Waals surface area (Å²) in [5.74, 6) is 0.180. The summed E-state index contributed by atoms with van der Waals surface area (Å²) in [7, 11) is 0. The molecule has 0 N–H and O–H groups in total. The number of anilines is 1. The number of fused-ring (bicyclic) bond motifs is 1. The zero-order valence-electron chi connectivity index (χ0n) is 16.9. The van der Waals surface area contributed by atoms with Crippen LogP contribution in [0.3, 0.4) is 0 Å². The van der Waals surface area contributed by atoms with Crippen LogP contribution in [0.25, 0.3) is 16.7 Å². The minimum Gasteiger partial charge on any atom is -0.371 e. The van der Waals surface area contributed by atoms with E-state index < -0.39 is 0 Å². The number of hydrogen-bond acceptors (Lipinski definition) is 3. The molecule has 1 aliphatic rings. The minimum atomic E-state index is 0.180. The molecule has 0 amide bonds. The van der Waals surface area contributed by atoms with Gasteiger partial charge in [0.25, 0.3) is 0 Å². The van der Waals surface area contributed by atoms with Crippen LogP contribution in [0.5, 0.6) is 0 Å². The van der Waals surface area contributed by atoms with E-state index in [0.717, 1.165) is 59.1 Å². The van der Waals surface area contributed by atoms with E-state index in [1.807, 2.05) is 12.1 Å². The smallest absolute Gasteiger partial charge is 0.147 e. The number of aromatic nitrogens is 2. The number of piperidine rings is 1. The van der Waals surface area contributed by atoms with Crippen LogP contribution in [0.15, 0.2) is 24.4 Å². The number of nitrogens with zero attached hydrogens (tertiary/aromatic N) is 4. The van der Waals surface area contributed by atoms with Crippen LogP contribution in [0.2, 0.25) is 5.02 Å². The van der Waals surface area contributed by atoms with Crippen LogP contribution in [-0.4, -0.2) is 22.6 Å². The number of benzene rings is 1. The predicted molar refractivity (Wildman–Crippen MR) is 116 cm³/mol. The van der Waals surface area contributed by atoms with Gasteiger partial charge in [0.1, 0.15) is 5.65 Å². The number of pyridine rings is 1. The summed E-state index contributed by atoms with van der Waals surface area (Å²) in [6, 6.07) is 8.63. The lowest BCUT2D eigenvalue weighted by Crippen LogP contribution is -2.33. The Morgan fingerprint density at radius 3 is 2.29 bits per heavy atom. The Bertz CT molecular complexity index is 1070. The molecule has 0 radical (unpaired) electrons. The highest BCUT2D eigenvalue weighted by Gasteiger charge is 2.23. The van der Waals surface area contributed by atoms with Gasteiger partial charge in [-0.1, -0.05) is 11.6 Å². The molecule has 3 aromatic rings. The monoisotopic (exact) mass is 392 g/mol. The molecule has 1 fully saturated rings. The maximum atomic E-state index is 9.22. The molecule has 28 heavy (non-hydrogen) atoms. The van der Waals surface area contributed by atoms with Crippen molar-refractivity contribution in [2.24, 2.45) is 5.92 Å². The molecule has 0 aliphatic carbocycles. The first-order chi connectivity index (χ1) is 13.4. The average Bonchev–Trinajstić information content (AvgIpc) is 2.96. The molecular weight excluding hydrogens is 368 g/mol. The Hall–Kier alpha value is -2.51. The van der Waals surface area contributed by atoms with Gasteiger partial charge in [0.05, 0.1) is 11.8 Å². The second-order valence-electron chi connectivity index (χ2n) is 7.94. The molecule has 0 bridgehead atoms. The highest BCUT2D eigenvalue weighted by Crippen LogP contribution is 2.36. The van der Waals surface area contributed by atoms with Crippen molar-refractivity contribution in [3.05, 3.63) is 51.8 Å². The Morgan fingerprint density at radius 1 is 1.04 bits per heavy atom. The van der Waals surface area contributed by atoms with Crippen LogP contribution in [-0.2, 0) is 0 Å². The third kappa shape index (κ3) is 3.14. The molecule has 0 spiro atoms. The second kappa shape index (κ2) is 7.14. The first-order valence-corrected chi connectivity index (χ1v) is 10.2. The van der Waals surface area contributed by atoms with Crippen molar-refractivity contribution in [2.45, 2.75) is 40.5 Å². The number of rotatable bonds is 2. The summed E-state index contributed by atoms with van der Waals surface area (Å²) in [5.41, 5.74) is 7.88. The summed E-state index contributed by atoms with van der Waals surface area (Å²) in [5, 5.41) is 11.2. The molecule has 1 saturated heterocycles. The number of hydrogen-bond donors (Lipinski definition) is 0. The molecule has 144 valence electrons. The van der Waals surface area contributed by atoms with Crippen molar-refractivity contribution < 1.29 is 0 Å². The topological polar surface area (TPSA) is 44.9 Å². The lowest BCUT2D eigenvalue weighted by atomic mass is 9.97. The van der Waals surface area contributed by atoms with Crippen LogP contribution in [0.1, 0.15) is 35.2 Å². The molecule has 2 aromatic heterocycles. The normalized spacial score (nSPS) is 15.2. The molecule has 0 saturated carbocycles. The van der Waals surface area contributed by atoms with E-state index in [1.54, 1.807) is 0 Å². The van der Waals surface area contributed by atoms with Gasteiger partial charge in [-0.25, -0.2) is 4.98 Å². The Kier molecular flexibility index (Phi) is 4.81. The lowest BCUT2D eigenvalue weighted by molar-refractivity contribution is 0.488. The van der Waals surface area contributed by atoms with Crippen molar-refractivity contribution in [2.75, 3.05) is 18.0 Å². The molecular formula is C23H25ClN4. The summed E-state index contributed by atoms with van der Waals surface area (Å²) in [6.45, 7) is 10.2. The maximum Gasteiger partial charge on any atom is 0.147 e. The first kappa shape index (κ1) is 18.8. The van der Waals surface area contributed by atoms with Gasteiger partial charge < -0.3 is 9.47 Å². The second-order valence-corrected chi connectivity index (χ2v) is 8.38. The highest BCUT2D eigenvalue weighted by atomic mass is 35.5. The molecule has 1 aromatic carbocycles. The van der Waals surface area contributed by atoms with E-state index in [2.05, 4.69) is 55.5 Å². The molecule has 1 aliphatic heterocycles. The van der Waals surface area contributed by atoms with Gasteiger partial charge in [0.15, 0.2) is 0 Å². The van der Waals surface area contributed by atoms with Crippen LogP contribution in [0, 0.1) is 44.9 Å². The van der Waals surface area contributed by atoms with E-state index in [9.17, 15) is 5.26 Å². The van der Waals surface area contributed by atoms with Crippen LogP contribution >= 0.6 is 11.6 Å². The minimum absolute atomic E-state index is 0.180. The fourth-order valence-electron chi connectivity index (χ4n) is 4.46. The third-order valence-electron chi connectivity index (χ3n) is 5.77. The van der Waals surface area contributed by atoms with E-state index in [0.29, 0.717) is 0 Å². The predicted octanol–water partition coefficient (Wildman–Crippen LogP) is 5.65. The maximum absolute atomic E-state index is 9.22. The van der Waals surface area contributed by atoms with Crippen molar-refractivity contribution >= 4 is 28.3 Å². The summed E-state index contributed by atoms with van der Waals surface area (Å²) in [4.78, 5) is 7.34. The van der Waals surface area contributed by atoms with Crippen molar-refractivity contribution in [1.29, 1.82) is 5.26 Å². The van der Waals surface area contributed by atoms with E-state index in [-0.39, 0.29) is 5.92 Å². The number of aryl methyl sites for hydroxylation is 4. The zero-order chi connectivity index (χ0) is 20.0. The Morgan fingerprint density at radius 2 is 1.68 bits per heavy atom. The third-order valence-corrected chi connectivity index (χ3v) is 5.99. The summed E-state index contributed by atoms with van der Waals surface area (Å²) in [6.07, 6.45) is 4.04. The SMILES string of the molecule is Cc1cc(N2CCC(C#N)CC2)c2c(C)cn(-c3c(C)cc(Cl)cc3C)c2n1.